The Morgan fingerprint density at radius 3 is 2.50 bits per heavy atom. The van der Waals surface area contributed by atoms with Gasteiger partial charge in [-0.3, -0.25) is 20.3 Å². The van der Waals surface area contributed by atoms with Crippen molar-refractivity contribution in [3.8, 4) is 6.01 Å². The molecule has 1 aromatic heterocycles. The Morgan fingerprint density at radius 1 is 1.28 bits per heavy atom. The molecule has 10 nitrogen and oxygen atoms in total. The molecule has 1 aliphatic rings. The van der Waals surface area contributed by atoms with Crippen molar-refractivity contribution in [1.29, 1.82) is 0 Å². The van der Waals surface area contributed by atoms with Crippen LogP contribution in [-0.2, 0) is 9.59 Å². The van der Waals surface area contributed by atoms with E-state index < -0.39 is 11.8 Å². The van der Waals surface area contributed by atoms with Gasteiger partial charge in [-0.25, -0.2) is 5.84 Å². The molecule has 1 aromatic rings. The highest BCUT2D eigenvalue weighted by molar-refractivity contribution is 6.02. The van der Waals surface area contributed by atoms with Crippen LogP contribution in [0, 0.1) is 0 Å². The van der Waals surface area contributed by atoms with Gasteiger partial charge in [0.25, 0.3) is 0 Å². The number of methoxy groups -OCH3 is 1. The van der Waals surface area contributed by atoms with Gasteiger partial charge in [0.1, 0.15) is 13.1 Å². The minimum Gasteiger partial charge on any atom is -0.467 e. The van der Waals surface area contributed by atoms with E-state index in [1.807, 2.05) is 0 Å². The van der Waals surface area contributed by atoms with Gasteiger partial charge in [-0.05, 0) is 0 Å². The molecule has 0 saturated carbocycles. The van der Waals surface area contributed by atoms with Gasteiger partial charge in [-0.15, -0.1) is 0 Å². The number of hydrogen-bond donors (Lipinski definition) is 3. The summed E-state index contributed by atoms with van der Waals surface area (Å²) in [7, 11) is 1.38. The number of hydrazine groups is 1. The van der Waals surface area contributed by atoms with Crippen LogP contribution in [0.1, 0.15) is 0 Å². The lowest BCUT2D eigenvalue weighted by atomic mass is 10.3. The summed E-state index contributed by atoms with van der Waals surface area (Å²) in [5.41, 5.74) is 2.25. The zero-order chi connectivity index (χ0) is 13.1. The van der Waals surface area contributed by atoms with Crippen LogP contribution in [0.2, 0.25) is 0 Å². The number of aromatic nitrogens is 3. The van der Waals surface area contributed by atoms with Gasteiger partial charge in [0, 0.05) is 0 Å². The molecular formula is C8H11N7O3. The summed E-state index contributed by atoms with van der Waals surface area (Å²) in [4.78, 5) is 35.6. The quantitative estimate of drug-likeness (QED) is 0.306. The zero-order valence-corrected chi connectivity index (χ0v) is 9.51. The van der Waals surface area contributed by atoms with Crippen LogP contribution >= 0.6 is 0 Å². The molecule has 2 rings (SSSR count). The number of nitrogens with zero attached hydrogens (tertiary/aromatic N) is 4. The van der Waals surface area contributed by atoms with Crippen LogP contribution in [0.4, 0.5) is 11.9 Å². The molecule has 96 valence electrons. The molecule has 0 bridgehead atoms. The average Bonchev–Trinajstić information content (AvgIpc) is 2.37. The van der Waals surface area contributed by atoms with E-state index in [4.69, 9.17) is 10.6 Å². The normalized spacial score (nSPS) is 15.3. The van der Waals surface area contributed by atoms with Gasteiger partial charge < -0.3 is 9.64 Å². The SMILES string of the molecule is COc1nc(NN)nc(N2CC(=O)NC(=O)C2)n1. The molecule has 1 fully saturated rings. The number of rotatable bonds is 3. The van der Waals surface area contributed by atoms with Crippen LogP contribution in [0.25, 0.3) is 0 Å². The Morgan fingerprint density at radius 2 is 1.94 bits per heavy atom. The molecule has 2 amide bonds. The van der Waals surface area contributed by atoms with Crippen molar-refractivity contribution in [2.45, 2.75) is 0 Å². The third-order valence-electron chi connectivity index (χ3n) is 2.15. The van der Waals surface area contributed by atoms with E-state index in [0.717, 1.165) is 0 Å². The first-order valence-corrected chi connectivity index (χ1v) is 4.96. The number of carbonyl (C=O) groups excluding carboxylic acids is 2. The fourth-order valence-corrected chi connectivity index (χ4v) is 1.42. The lowest BCUT2D eigenvalue weighted by molar-refractivity contribution is -0.130. The summed E-state index contributed by atoms with van der Waals surface area (Å²) in [6, 6.07) is 0.0337. The van der Waals surface area contributed by atoms with Crippen LogP contribution in [0.3, 0.4) is 0 Å². The number of nitrogens with two attached hydrogens (primary N) is 1. The number of piperazine rings is 1. The maximum absolute atomic E-state index is 11.2. The lowest BCUT2D eigenvalue weighted by Crippen LogP contribution is -2.52. The number of hydrogen-bond acceptors (Lipinski definition) is 9. The van der Waals surface area contributed by atoms with Crippen LogP contribution < -0.4 is 26.2 Å². The summed E-state index contributed by atoms with van der Waals surface area (Å²) in [6.45, 7) is -0.0498. The fraction of sp³-hybridized carbons (Fsp3) is 0.375. The molecule has 0 radical (unpaired) electrons. The maximum Gasteiger partial charge on any atom is 0.322 e. The second kappa shape index (κ2) is 4.79. The monoisotopic (exact) mass is 253 g/mol. The smallest absolute Gasteiger partial charge is 0.322 e. The van der Waals surface area contributed by atoms with Crippen LogP contribution in [0.5, 0.6) is 6.01 Å². The van der Waals surface area contributed by atoms with E-state index in [1.54, 1.807) is 0 Å². The fourth-order valence-electron chi connectivity index (χ4n) is 1.42. The number of nitrogen functional groups attached to an aromatic ring is 1. The molecule has 10 heteroatoms. The molecule has 1 aliphatic heterocycles. The number of ether oxygens (including phenoxy) is 1. The number of amides is 2. The highest BCUT2D eigenvalue weighted by Crippen LogP contribution is 2.14. The van der Waals surface area contributed by atoms with E-state index in [0.29, 0.717) is 0 Å². The molecule has 0 aromatic carbocycles. The van der Waals surface area contributed by atoms with E-state index in [9.17, 15) is 9.59 Å². The van der Waals surface area contributed by atoms with Gasteiger partial charge >= 0.3 is 6.01 Å². The molecule has 4 N–H and O–H groups in total. The predicted molar refractivity (Wildman–Crippen MR) is 59.6 cm³/mol. The highest BCUT2D eigenvalue weighted by Gasteiger charge is 2.25. The van der Waals surface area contributed by atoms with Crippen molar-refractivity contribution < 1.29 is 14.3 Å². The van der Waals surface area contributed by atoms with Crippen molar-refractivity contribution in [2.24, 2.45) is 5.84 Å². The predicted octanol–water partition coefficient (Wildman–Crippen LogP) is -2.37. The number of imide groups is 1. The highest BCUT2D eigenvalue weighted by atomic mass is 16.5. The topological polar surface area (TPSA) is 135 Å². The lowest BCUT2D eigenvalue weighted by Gasteiger charge is -2.25. The molecule has 0 spiro atoms. The third kappa shape index (κ3) is 2.43. The van der Waals surface area contributed by atoms with Crippen LogP contribution in [0.15, 0.2) is 0 Å². The molecular weight excluding hydrogens is 242 g/mol. The van der Waals surface area contributed by atoms with Crippen LogP contribution in [-0.4, -0.2) is 47.0 Å². The Kier molecular flexibility index (Phi) is 3.19. The molecule has 0 unspecified atom stereocenters. The Bertz CT molecular complexity index is 453. The van der Waals surface area contributed by atoms with E-state index >= 15 is 0 Å². The van der Waals surface area contributed by atoms with Crippen molar-refractivity contribution in [3.05, 3.63) is 0 Å². The third-order valence-corrected chi connectivity index (χ3v) is 2.15. The largest absolute Gasteiger partial charge is 0.467 e. The minimum absolute atomic E-state index is 0.0249. The van der Waals surface area contributed by atoms with Crippen molar-refractivity contribution in [3.63, 3.8) is 0 Å². The minimum atomic E-state index is -0.423. The van der Waals surface area contributed by atoms with Gasteiger partial charge in [0.05, 0.1) is 7.11 Å². The van der Waals surface area contributed by atoms with Crippen molar-refractivity contribution >= 4 is 23.7 Å². The van der Waals surface area contributed by atoms with E-state index in [-0.39, 0.29) is 31.0 Å². The van der Waals surface area contributed by atoms with Gasteiger partial charge in [-0.1, -0.05) is 0 Å². The standard InChI is InChI=1S/C8H11N7O3/c1-18-8-12-6(14-9)11-7(13-8)15-2-4(16)10-5(17)3-15/h2-3,9H2,1H3,(H,10,16,17)(H,11,12,13,14). The first-order valence-electron chi connectivity index (χ1n) is 4.96. The van der Waals surface area contributed by atoms with Gasteiger partial charge in [-0.2, -0.15) is 15.0 Å². The molecule has 18 heavy (non-hydrogen) atoms. The van der Waals surface area contributed by atoms with Gasteiger partial charge in [0.2, 0.25) is 23.7 Å². The van der Waals surface area contributed by atoms with Gasteiger partial charge in [0.15, 0.2) is 0 Å². The summed E-state index contributed by atoms with van der Waals surface area (Å²) < 4.78 is 4.87. The second-order valence-corrected chi connectivity index (χ2v) is 3.42. The molecule has 1 saturated heterocycles. The number of carbonyl (C=O) groups is 2. The first-order chi connectivity index (χ1) is 8.62. The summed E-state index contributed by atoms with van der Waals surface area (Å²) in [6.07, 6.45) is 0. The van der Waals surface area contributed by atoms with Crippen molar-refractivity contribution in [1.82, 2.24) is 20.3 Å². The molecule has 2 heterocycles. The number of nitrogens with one attached hydrogen (secondary N) is 2. The molecule has 0 aliphatic carbocycles. The summed E-state index contributed by atoms with van der Waals surface area (Å²) >= 11 is 0. The summed E-state index contributed by atoms with van der Waals surface area (Å²) in [5.74, 6) is 4.57. The maximum atomic E-state index is 11.2. The Balaban J connectivity index is 2.31. The first kappa shape index (κ1) is 12.0. The second-order valence-electron chi connectivity index (χ2n) is 3.42. The average molecular weight is 253 g/mol. The Hall–Kier alpha value is -2.49. The van der Waals surface area contributed by atoms with E-state index in [1.165, 1.54) is 12.0 Å². The Labute approximate surface area is 102 Å². The van der Waals surface area contributed by atoms with Crippen molar-refractivity contribution in [2.75, 3.05) is 30.5 Å². The molecule has 0 atom stereocenters. The number of anilines is 2. The van der Waals surface area contributed by atoms with E-state index in [2.05, 4.69) is 25.7 Å². The zero-order valence-electron chi connectivity index (χ0n) is 9.51. The summed E-state index contributed by atoms with van der Waals surface area (Å²) in [5, 5.41) is 2.17.